The molecule has 0 aliphatic heterocycles. The first-order valence-electron chi connectivity index (χ1n) is 5.51. The van der Waals surface area contributed by atoms with Gasteiger partial charge in [0.15, 0.2) is 0 Å². The number of thiophene rings is 1. The molecule has 0 saturated heterocycles. The highest BCUT2D eigenvalue weighted by Gasteiger charge is 2.22. The van der Waals surface area contributed by atoms with Gasteiger partial charge in [-0.15, -0.1) is 11.3 Å². The highest BCUT2D eigenvalue weighted by Crippen LogP contribution is 2.18. The van der Waals surface area contributed by atoms with Gasteiger partial charge >= 0.3 is 6.03 Å². The van der Waals surface area contributed by atoms with E-state index in [0.29, 0.717) is 12.6 Å². The smallest absolute Gasteiger partial charge is 0.315 e. The first-order chi connectivity index (χ1) is 8.28. The molecule has 0 unspecified atom stereocenters. The van der Waals surface area contributed by atoms with Crippen LogP contribution in [0.25, 0.3) is 0 Å². The van der Waals surface area contributed by atoms with Crippen molar-refractivity contribution >= 4 is 17.4 Å². The Morgan fingerprint density at radius 2 is 2.35 bits per heavy atom. The van der Waals surface area contributed by atoms with Crippen LogP contribution in [0.2, 0.25) is 0 Å². The van der Waals surface area contributed by atoms with Crippen molar-refractivity contribution in [1.82, 2.24) is 10.6 Å². The summed E-state index contributed by atoms with van der Waals surface area (Å²) in [7, 11) is 0. The summed E-state index contributed by atoms with van der Waals surface area (Å²) in [6.07, 6.45) is 2.18. The summed E-state index contributed by atoms with van der Waals surface area (Å²) in [6.45, 7) is 0.388. The zero-order valence-electron chi connectivity index (χ0n) is 9.32. The van der Waals surface area contributed by atoms with Gasteiger partial charge in [-0.3, -0.25) is 0 Å². The molecule has 0 atom stereocenters. The maximum Gasteiger partial charge on any atom is 0.315 e. The Hall–Kier alpha value is -1.51. The van der Waals surface area contributed by atoms with Crippen molar-refractivity contribution in [2.24, 2.45) is 0 Å². The summed E-state index contributed by atoms with van der Waals surface area (Å²) < 4.78 is 0. The summed E-state index contributed by atoms with van der Waals surface area (Å²) in [5.41, 5.74) is 0. The standard InChI is InChI=1S/C12H14N2O2S/c15-7-1-2-10-5-6-11(17-10)8-13-12(16)14-9-3-4-9/h5-6,9,15H,3-4,7-8H2,(H2,13,14,16). The van der Waals surface area contributed by atoms with Crippen molar-refractivity contribution in [3.8, 4) is 11.8 Å². The Balaban J connectivity index is 1.77. The molecule has 1 aliphatic rings. The number of rotatable bonds is 3. The van der Waals surface area contributed by atoms with Gasteiger partial charge < -0.3 is 15.7 Å². The number of aliphatic hydroxyl groups excluding tert-OH is 1. The van der Waals surface area contributed by atoms with E-state index in [1.807, 2.05) is 12.1 Å². The van der Waals surface area contributed by atoms with E-state index in [1.54, 1.807) is 0 Å². The topological polar surface area (TPSA) is 61.4 Å². The summed E-state index contributed by atoms with van der Waals surface area (Å²) in [5, 5.41) is 14.2. The molecule has 0 radical (unpaired) electrons. The van der Waals surface area contributed by atoms with Crippen LogP contribution in [0.4, 0.5) is 4.79 Å². The lowest BCUT2D eigenvalue weighted by molar-refractivity contribution is 0.240. The molecule has 4 nitrogen and oxygen atoms in total. The van der Waals surface area contributed by atoms with Gasteiger partial charge in [-0.1, -0.05) is 11.8 Å². The molecular formula is C12H14N2O2S. The summed E-state index contributed by atoms with van der Waals surface area (Å²) >= 11 is 1.52. The SMILES string of the molecule is O=C(NCc1ccc(C#CCO)s1)NC1CC1. The van der Waals surface area contributed by atoms with E-state index >= 15 is 0 Å². The van der Waals surface area contributed by atoms with Gasteiger partial charge in [0.1, 0.15) is 6.61 Å². The average Bonchev–Trinajstić information content (AvgIpc) is 3.01. The maximum atomic E-state index is 11.4. The minimum absolute atomic E-state index is 0.108. The number of aliphatic hydroxyl groups is 1. The van der Waals surface area contributed by atoms with E-state index in [4.69, 9.17) is 5.11 Å². The molecule has 1 aliphatic carbocycles. The number of amides is 2. The van der Waals surface area contributed by atoms with Crippen LogP contribution in [0.15, 0.2) is 12.1 Å². The molecule has 2 amide bonds. The average molecular weight is 250 g/mol. The van der Waals surface area contributed by atoms with Gasteiger partial charge in [0.2, 0.25) is 0 Å². The number of urea groups is 1. The number of carbonyl (C=O) groups excluding carboxylic acids is 1. The molecule has 17 heavy (non-hydrogen) atoms. The van der Waals surface area contributed by atoms with Gasteiger partial charge in [0, 0.05) is 10.9 Å². The fourth-order valence-corrected chi connectivity index (χ4v) is 2.12. The van der Waals surface area contributed by atoms with Crippen molar-refractivity contribution < 1.29 is 9.90 Å². The lowest BCUT2D eigenvalue weighted by Crippen LogP contribution is -2.36. The predicted octanol–water partition coefficient (Wildman–Crippen LogP) is 1.05. The Morgan fingerprint density at radius 1 is 1.53 bits per heavy atom. The Bertz CT molecular complexity index is 455. The Labute approximate surface area is 104 Å². The second-order valence-corrected chi connectivity index (χ2v) is 5.00. The molecule has 0 aromatic carbocycles. The zero-order chi connectivity index (χ0) is 12.1. The molecule has 0 spiro atoms. The number of hydrogen-bond donors (Lipinski definition) is 3. The molecule has 0 bridgehead atoms. The van der Waals surface area contributed by atoms with Crippen LogP contribution in [0.1, 0.15) is 22.6 Å². The molecule has 5 heteroatoms. The van der Waals surface area contributed by atoms with Crippen molar-refractivity contribution in [3.63, 3.8) is 0 Å². The van der Waals surface area contributed by atoms with Gasteiger partial charge in [0.25, 0.3) is 0 Å². The molecule has 90 valence electrons. The molecule has 3 N–H and O–H groups in total. The fourth-order valence-electron chi connectivity index (χ4n) is 1.30. The normalized spacial score (nSPS) is 13.7. The van der Waals surface area contributed by atoms with Crippen molar-refractivity contribution in [2.75, 3.05) is 6.61 Å². The Kier molecular flexibility index (Phi) is 4.02. The quantitative estimate of drug-likeness (QED) is 0.702. The van der Waals surface area contributed by atoms with Gasteiger partial charge in [-0.2, -0.15) is 0 Å². The van der Waals surface area contributed by atoms with Crippen molar-refractivity contribution in [3.05, 3.63) is 21.9 Å². The van der Waals surface area contributed by atoms with Crippen LogP contribution < -0.4 is 10.6 Å². The van der Waals surface area contributed by atoms with E-state index < -0.39 is 0 Å². The minimum atomic E-state index is -0.130. The minimum Gasteiger partial charge on any atom is -0.384 e. The van der Waals surface area contributed by atoms with Crippen LogP contribution in [0.3, 0.4) is 0 Å². The van der Waals surface area contributed by atoms with Crippen molar-refractivity contribution in [1.29, 1.82) is 0 Å². The van der Waals surface area contributed by atoms with Crippen LogP contribution >= 0.6 is 11.3 Å². The number of nitrogens with one attached hydrogen (secondary N) is 2. The lowest BCUT2D eigenvalue weighted by atomic mass is 10.4. The molecule has 2 rings (SSSR count). The highest BCUT2D eigenvalue weighted by molar-refractivity contribution is 7.12. The monoisotopic (exact) mass is 250 g/mol. The summed E-state index contributed by atoms with van der Waals surface area (Å²) in [5.74, 6) is 5.43. The summed E-state index contributed by atoms with van der Waals surface area (Å²) in [6, 6.07) is 4.10. The first-order valence-corrected chi connectivity index (χ1v) is 6.32. The lowest BCUT2D eigenvalue weighted by Gasteiger charge is -2.04. The predicted molar refractivity (Wildman–Crippen MR) is 66.7 cm³/mol. The van der Waals surface area contributed by atoms with Gasteiger partial charge in [-0.05, 0) is 25.0 Å². The molecule has 1 fully saturated rings. The maximum absolute atomic E-state index is 11.4. The van der Waals surface area contributed by atoms with Crippen LogP contribution in [0, 0.1) is 11.8 Å². The second kappa shape index (κ2) is 5.71. The molecule has 1 saturated carbocycles. The molecule has 1 aromatic heterocycles. The fraction of sp³-hybridized carbons (Fsp3) is 0.417. The Morgan fingerprint density at radius 3 is 3.06 bits per heavy atom. The largest absolute Gasteiger partial charge is 0.384 e. The molecular weight excluding hydrogens is 236 g/mol. The van der Waals surface area contributed by atoms with E-state index in [-0.39, 0.29) is 12.6 Å². The van der Waals surface area contributed by atoms with Crippen LogP contribution in [0.5, 0.6) is 0 Å². The summed E-state index contributed by atoms with van der Waals surface area (Å²) in [4.78, 5) is 13.3. The van der Waals surface area contributed by atoms with Crippen LogP contribution in [-0.2, 0) is 6.54 Å². The van der Waals surface area contributed by atoms with Gasteiger partial charge in [0.05, 0.1) is 11.4 Å². The van der Waals surface area contributed by atoms with Crippen LogP contribution in [-0.4, -0.2) is 23.8 Å². The third kappa shape index (κ3) is 4.10. The van der Waals surface area contributed by atoms with E-state index in [0.717, 1.165) is 22.6 Å². The third-order valence-electron chi connectivity index (χ3n) is 2.29. The molecule has 1 aromatic rings. The second-order valence-electron chi connectivity index (χ2n) is 3.83. The number of hydrogen-bond acceptors (Lipinski definition) is 3. The van der Waals surface area contributed by atoms with E-state index in [2.05, 4.69) is 22.5 Å². The van der Waals surface area contributed by atoms with E-state index in [1.165, 1.54) is 11.3 Å². The van der Waals surface area contributed by atoms with Gasteiger partial charge in [-0.25, -0.2) is 4.79 Å². The zero-order valence-corrected chi connectivity index (χ0v) is 10.1. The molecule has 1 heterocycles. The third-order valence-corrected chi connectivity index (χ3v) is 3.29. The highest BCUT2D eigenvalue weighted by atomic mass is 32.1. The first kappa shape index (κ1) is 12.0. The number of carbonyl (C=O) groups is 1. The van der Waals surface area contributed by atoms with Crippen molar-refractivity contribution in [2.45, 2.75) is 25.4 Å². The van der Waals surface area contributed by atoms with E-state index in [9.17, 15) is 4.79 Å².